The third-order valence-corrected chi connectivity index (χ3v) is 3.94. The third kappa shape index (κ3) is 4.86. The summed E-state index contributed by atoms with van der Waals surface area (Å²) in [6.07, 6.45) is 5.42. The maximum absolute atomic E-state index is 12.1. The summed E-state index contributed by atoms with van der Waals surface area (Å²) >= 11 is 3.44. The zero-order chi connectivity index (χ0) is 13.5. The van der Waals surface area contributed by atoms with Gasteiger partial charge in [0.1, 0.15) is 0 Å². The number of benzene rings is 1. The van der Waals surface area contributed by atoms with Crippen LogP contribution in [-0.2, 0) is 4.79 Å². The highest BCUT2D eigenvalue weighted by atomic mass is 79.9. The van der Waals surface area contributed by atoms with E-state index in [0.717, 1.165) is 36.1 Å². The van der Waals surface area contributed by atoms with Crippen LogP contribution in [0.15, 0.2) is 28.7 Å². The minimum absolute atomic E-state index is 0.282. The Morgan fingerprint density at radius 2 is 1.95 bits per heavy atom. The van der Waals surface area contributed by atoms with E-state index in [1.807, 2.05) is 29.2 Å². The van der Waals surface area contributed by atoms with E-state index >= 15 is 0 Å². The number of carbonyl (C=O) groups excluding carboxylic acids is 1. The molecule has 2 rings (SSSR count). The Morgan fingerprint density at radius 3 is 2.63 bits per heavy atom. The van der Waals surface area contributed by atoms with Gasteiger partial charge in [-0.25, -0.2) is 0 Å². The van der Waals surface area contributed by atoms with Gasteiger partial charge in [-0.3, -0.25) is 4.79 Å². The maximum Gasteiger partial charge on any atom is 0.224 e. The van der Waals surface area contributed by atoms with Gasteiger partial charge in [-0.15, -0.1) is 0 Å². The molecule has 1 N–H and O–H groups in total. The van der Waals surface area contributed by atoms with Crippen LogP contribution in [0.4, 0.5) is 5.69 Å². The number of hydrogen-bond acceptors (Lipinski definition) is 2. The van der Waals surface area contributed by atoms with Gasteiger partial charge in [-0.05, 0) is 31.0 Å². The van der Waals surface area contributed by atoms with Crippen molar-refractivity contribution in [2.45, 2.75) is 32.1 Å². The second-order valence-electron chi connectivity index (χ2n) is 4.98. The van der Waals surface area contributed by atoms with Gasteiger partial charge in [0.2, 0.25) is 5.91 Å². The molecule has 1 fully saturated rings. The highest BCUT2D eigenvalue weighted by Gasteiger charge is 2.14. The highest BCUT2D eigenvalue weighted by molar-refractivity contribution is 9.10. The Balaban J connectivity index is 1.74. The van der Waals surface area contributed by atoms with Crippen molar-refractivity contribution >= 4 is 27.5 Å². The molecule has 0 saturated carbocycles. The van der Waals surface area contributed by atoms with Gasteiger partial charge in [0.15, 0.2) is 0 Å². The van der Waals surface area contributed by atoms with E-state index in [-0.39, 0.29) is 5.91 Å². The number of hydrogen-bond donors (Lipinski definition) is 1. The molecule has 0 aliphatic carbocycles. The number of nitrogens with zero attached hydrogens (tertiary/aromatic N) is 1. The van der Waals surface area contributed by atoms with Gasteiger partial charge in [-0.1, -0.05) is 34.8 Å². The van der Waals surface area contributed by atoms with Gasteiger partial charge in [0, 0.05) is 36.2 Å². The van der Waals surface area contributed by atoms with Crippen molar-refractivity contribution in [1.82, 2.24) is 4.90 Å². The van der Waals surface area contributed by atoms with E-state index in [2.05, 4.69) is 21.2 Å². The van der Waals surface area contributed by atoms with E-state index < -0.39 is 0 Å². The number of likely N-dealkylation sites (tertiary alicyclic amines) is 1. The fourth-order valence-electron chi connectivity index (χ4n) is 2.39. The molecule has 3 nitrogen and oxygen atoms in total. The van der Waals surface area contributed by atoms with Gasteiger partial charge in [0.25, 0.3) is 0 Å². The Hall–Kier alpha value is -1.03. The summed E-state index contributed by atoms with van der Waals surface area (Å²) in [6.45, 7) is 2.58. The fraction of sp³-hybridized carbons (Fsp3) is 0.533. The molecule has 1 saturated heterocycles. The molecule has 1 aliphatic heterocycles. The smallest absolute Gasteiger partial charge is 0.224 e. The van der Waals surface area contributed by atoms with Crippen LogP contribution in [0.5, 0.6) is 0 Å². The molecule has 0 radical (unpaired) electrons. The average molecular weight is 325 g/mol. The summed E-state index contributed by atoms with van der Waals surface area (Å²) in [6, 6.07) is 8.02. The Bertz CT molecular complexity index is 414. The number of amides is 1. The second kappa shape index (κ2) is 7.53. The molecule has 0 atom stereocenters. The van der Waals surface area contributed by atoms with Crippen molar-refractivity contribution in [2.24, 2.45) is 0 Å². The zero-order valence-corrected chi connectivity index (χ0v) is 12.8. The first kappa shape index (κ1) is 14.4. The predicted octanol–water partition coefficient (Wildman–Crippen LogP) is 3.65. The monoisotopic (exact) mass is 324 g/mol. The van der Waals surface area contributed by atoms with Crippen LogP contribution in [0.3, 0.4) is 0 Å². The fourth-order valence-corrected chi connectivity index (χ4v) is 2.79. The van der Waals surface area contributed by atoms with E-state index in [0.29, 0.717) is 13.0 Å². The first-order valence-corrected chi connectivity index (χ1v) is 7.82. The van der Waals surface area contributed by atoms with E-state index in [4.69, 9.17) is 0 Å². The summed E-state index contributed by atoms with van der Waals surface area (Å²) in [7, 11) is 0. The lowest BCUT2D eigenvalue weighted by Gasteiger charge is -2.20. The van der Waals surface area contributed by atoms with Crippen LogP contribution in [-0.4, -0.2) is 30.4 Å². The topological polar surface area (TPSA) is 32.3 Å². The summed E-state index contributed by atoms with van der Waals surface area (Å²) in [5.74, 6) is 0.282. The summed E-state index contributed by atoms with van der Waals surface area (Å²) in [5, 5.41) is 3.29. The largest absolute Gasteiger partial charge is 0.384 e. The van der Waals surface area contributed by atoms with E-state index in [9.17, 15) is 4.79 Å². The molecular weight excluding hydrogens is 304 g/mol. The van der Waals surface area contributed by atoms with Gasteiger partial charge >= 0.3 is 0 Å². The van der Waals surface area contributed by atoms with Gasteiger partial charge in [0.05, 0.1) is 0 Å². The molecular formula is C15H21BrN2O. The van der Waals surface area contributed by atoms with Crippen molar-refractivity contribution in [3.63, 3.8) is 0 Å². The first-order valence-electron chi connectivity index (χ1n) is 7.03. The van der Waals surface area contributed by atoms with Crippen molar-refractivity contribution in [1.29, 1.82) is 0 Å². The average Bonchev–Trinajstić information content (AvgIpc) is 2.67. The molecule has 104 valence electrons. The standard InChI is InChI=1S/C15H21BrN2O/c16-13-6-5-7-14(12-13)17-9-8-15(19)18-10-3-1-2-4-11-18/h5-7,12,17H,1-4,8-11H2. The molecule has 1 aliphatic rings. The van der Waals surface area contributed by atoms with Crippen molar-refractivity contribution in [3.05, 3.63) is 28.7 Å². The third-order valence-electron chi connectivity index (χ3n) is 3.45. The summed E-state index contributed by atoms with van der Waals surface area (Å²) in [4.78, 5) is 14.1. The van der Waals surface area contributed by atoms with Crippen molar-refractivity contribution in [2.75, 3.05) is 25.0 Å². The Morgan fingerprint density at radius 1 is 1.21 bits per heavy atom. The lowest BCUT2D eigenvalue weighted by molar-refractivity contribution is -0.130. The minimum atomic E-state index is 0.282. The molecule has 1 heterocycles. The molecule has 0 bridgehead atoms. The van der Waals surface area contributed by atoms with Crippen molar-refractivity contribution in [3.8, 4) is 0 Å². The van der Waals surface area contributed by atoms with Crippen LogP contribution in [0.1, 0.15) is 32.1 Å². The lowest BCUT2D eigenvalue weighted by atomic mass is 10.2. The van der Waals surface area contributed by atoms with Crippen molar-refractivity contribution < 1.29 is 4.79 Å². The Labute approximate surface area is 123 Å². The predicted molar refractivity (Wildman–Crippen MR) is 82.3 cm³/mol. The van der Waals surface area contributed by atoms with Crippen LogP contribution in [0.2, 0.25) is 0 Å². The van der Waals surface area contributed by atoms with Crippen LogP contribution < -0.4 is 5.32 Å². The van der Waals surface area contributed by atoms with Crippen LogP contribution in [0, 0.1) is 0 Å². The number of carbonyl (C=O) groups is 1. The van der Waals surface area contributed by atoms with Crippen LogP contribution >= 0.6 is 15.9 Å². The number of halogens is 1. The SMILES string of the molecule is O=C(CCNc1cccc(Br)c1)N1CCCCCC1. The van der Waals surface area contributed by atoms with Gasteiger partial charge < -0.3 is 10.2 Å². The lowest BCUT2D eigenvalue weighted by Crippen LogP contribution is -2.32. The molecule has 1 aromatic rings. The summed E-state index contributed by atoms with van der Waals surface area (Å²) in [5.41, 5.74) is 1.05. The number of anilines is 1. The first-order chi connectivity index (χ1) is 9.25. The van der Waals surface area contributed by atoms with E-state index in [1.165, 1.54) is 12.8 Å². The van der Waals surface area contributed by atoms with E-state index in [1.54, 1.807) is 0 Å². The molecule has 4 heteroatoms. The van der Waals surface area contributed by atoms with Gasteiger partial charge in [-0.2, -0.15) is 0 Å². The molecule has 0 aromatic heterocycles. The van der Waals surface area contributed by atoms with Crippen LogP contribution in [0.25, 0.3) is 0 Å². The Kier molecular flexibility index (Phi) is 5.70. The second-order valence-corrected chi connectivity index (χ2v) is 5.90. The highest BCUT2D eigenvalue weighted by Crippen LogP contribution is 2.16. The zero-order valence-electron chi connectivity index (χ0n) is 11.2. The maximum atomic E-state index is 12.1. The minimum Gasteiger partial charge on any atom is -0.384 e. The molecule has 0 spiro atoms. The molecule has 19 heavy (non-hydrogen) atoms. The molecule has 1 aromatic carbocycles. The molecule has 0 unspecified atom stereocenters. The number of rotatable bonds is 4. The molecule has 1 amide bonds. The number of nitrogens with one attached hydrogen (secondary N) is 1. The quantitative estimate of drug-likeness (QED) is 0.916. The normalized spacial score (nSPS) is 15.9. The summed E-state index contributed by atoms with van der Waals surface area (Å²) < 4.78 is 1.05.